The summed E-state index contributed by atoms with van der Waals surface area (Å²) in [5.74, 6) is -2.72. The lowest BCUT2D eigenvalue weighted by atomic mass is 10.1. The SMILES string of the molecule is CC1CCCCCN1CC(F)(F)CN. The van der Waals surface area contributed by atoms with Crippen molar-refractivity contribution in [3.8, 4) is 0 Å². The number of nitrogens with zero attached hydrogens (tertiary/aromatic N) is 1. The quantitative estimate of drug-likeness (QED) is 0.763. The summed E-state index contributed by atoms with van der Waals surface area (Å²) >= 11 is 0. The van der Waals surface area contributed by atoms with Gasteiger partial charge in [0.25, 0.3) is 5.92 Å². The summed E-state index contributed by atoms with van der Waals surface area (Å²) in [6, 6.07) is 0.273. The van der Waals surface area contributed by atoms with Crippen LogP contribution in [-0.4, -0.2) is 36.5 Å². The fourth-order valence-electron chi connectivity index (χ4n) is 1.93. The second-order valence-electron chi connectivity index (χ2n) is 4.23. The van der Waals surface area contributed by atoms with E-state index in [-0.39, 0.29) is 12.6 Å². The zero-order valence-electron chi connectivity index (χ0n) is 8.81. The third-order valence-electron chi connectivity index (χ3n) is 2.92. The molecule has 1 saturated heterocycles. The molecular formula is C10H20F2N2. The van der Waals surface area contributed by atoms with Crippen molar-refractivity contribution >= 4 is 0 Å². The lowest BCUT2D eigenvalue weighted by Gasteiger charge is -2.30. The maximum absolute atomic E-state index is 13.1. The van der Waals surface area contributed by atoms with E-state index in [9.17, 15) is 8.78 Å². The number of alkyl halides is 2. The van der Waals surface area contributed by atoms with E-state index in [4.69, 9.17) is 5.73 Å². The van der Waals surface area contributed by atoms with E-state index in [2.05, 4.69) is 0 Å². The van der Waals surface area contributed by atoms with E-state index in [0.29, 0.717) is 0 Å². The predicted octanol–water partition coefficient (Wildman–Crippen LogP) is 1.84. The number of hydrogen-bond acceptors (Lipinski definition) is 2. The molecule has 4 heteroatoms. The molecule has 1 rings (SSSR count). The maximum atomic E-state index is 13.1. The van der Waals surface area contributed by atoms with Gasteiger partial charge >= 0.3 is 0 Å². The van der Waals surface area contributed by atoms with Crippen LogP contribution in [0.25, 0.3) is 0 Å². The van der Waals surface area contributed by atoms with Gasteiger partial charge in [-0.15, -0.1) is 0 Å². The molecule has 0 aromatic heterocycles. The minimum atomic E-state index is -2.72. The molecule has 0 aromatic carbocycles. The molecule has 1 aliphatic rings. The Bertz CT molecular complexity index is 174. The van der Waals surface area contributed by atoms with E-state index < -0.39 is 12.5 Å². The van der Waals surface area contributed by atoms with Crippen LogP contribution in [0.5, 0.6) is 0 Å². The fraction of sp³-hybridized carbons (Fsp3) is 1.00. The van der Waals surface area contributed by atoms with Crippen molar-refractivity contribution in [1.29, 1.82) is 0 Å². The zero-order valence-corrected chi connectivity index (χ0v) is 8.81. The molecule has 14 heavy (non-hydrogen) atoms. The Labute approximate surface area is 84.4 Å². The van der Waals surface area contributed by atoms with Gasteiger partial charge in [-0.25, -0.2) is 8.78 Å². The molecule has 2 N–H and O–H groups in total. The summed E-state index contributed by atoms with van der Waals surface area (Å²) in [5.41, 5.74) is 5.03. The molecule has 1 aliphatic heterocycles. The van der Waals surface area contributed by atoms with Crippen LogP contribution in [0.4, 0.5) is 8.78 Å². The molecule has 1 heterocycles. The highest BCUT2D eigenvalue weighted by Gasteiger charge is 2.31. The smallest absolute Gasteiger partial charge is 0.272 e. The van der Waals surface area contributed by atoms with Crippen molar-refractivity contribution in [3.05, 3.63) is 0 Å². The first-order chi connectivity index (χ1) is 6.55. The summed E-state index contributed by atoms with van der Waals surface area (Å²) in [4.78, 5) is 1.87. The Hall–Kier alpha value is -0.220. The molecule has 1 atom stereocenters. The highest BCUT2D eigenvalue weighted by Crippen LogP contribution is 2.21. The van der Waals surface area contributed by atoms with Crippen LogP contribution >= 0.6 is 0 Å². The first-order valence-corrected chi connectivity index (χ1v) is 5.37. The fourth-order valence-corrected chi connectivity index (χ4v) is 1.93. The lowest BCUT2D eigenvalue weighted by molar-refractivity contribution is -0.0318. The Balaban J connectivity index is 2.48. The Morgan fingerprint density at radius 3 is 2.71 bits per heavy atom. The number of likely N-dealkylation sites (tertiary alicyclic amines) is 1. The van der Waals surface area contributed by atoms with Gasteiger partial charge in [-0.3, -0.25) is 4.90 Å². The molecule has 2 nitrogen and oxygen atoms in total. The monoisotopic (exact) mass is 206 g/mol. The predicted molar refractivity (Wildman–Crippen MR) is 53.5 cm³/mol. The molecule has 0 radical (unpaired) electrons. The van der Waals surface area contributed by atoms with Crippen LogP contribution in [0, 0.1) is 0 Å². The lowest BCUT2D eigenvalue weighted by Crippen LogP contribution is -2.45. The van der Waals surface area contributed by atoms with Crippen LogP contribution in [0.3, 0.4) is 0 Å². The van der Waals surface area contributed by atoms with Crippen LogP contribution in [-0.2, 0) is 0 Å². The van der Waals surface area contributed by atoms with Crippen molar-refractivity contribution in [2.24, 2.45) is 5.73 Å². The van der Waals surface area contributed by atoms with Crippen LogP contribution in [0.15, 0.2) is 0 Å². The van der Waals surface area contributed by atoms with Gasteiger partial charge in [0.15, 0.2) is 0 Å². The maximum Gasteiger partial charge on any atom is 0.272 e. The van der Waals surface area contributed by atoms with Crippen molar-refractivity contribution in [1.82, 2.24) is 4.90 Å². The highest BCUT2D eigenvalue weighted by atomic mass is 19.3. The average molecular weight is 206 g/mol. The molecular weight excluding hydrogens is 186 g/mol. The molecule has 0 amide bonds. The van der Waals surface area contributed by atoms with E-state index in [1.807, 2.05) is 11.8 Å². The molecule has 0 saturated carbocycles. The number of nitrogens with two attached hydrogens (primary N) is 1. The summed E-state index contributed by atoms with van der Waals surface area (Å²) in [6.07, 6.45) is 4.38. The van der Waals surface area contributed by atoms with Crippen molar-refractivity contribution in [2.75, 3.05) is 19.6 Å². The normalized spacial score (nSPS) is 26.1. The average Bonchev–Trinajstić information content (AvgIpc) is 2.32. The second kappa shape index (κ2) is 5.03. The molecule has 84 valence electrons. The van der Waals surface area contributed by atoms with E-state index in [1.165, 1.54) is 0 Å². The van der Waals surface area contributed by atoms with Crippen molar-refractivity contribution < 1.29 is 8.78 Å². The summed E-state index contributed by atoms with van der Waals surface area (Å²) in [6.45, 7) is 2.09. The summed E-state index contributed by atoms with van der Waals surface area (Å²) < 4.78 is 26.2. The van der Waals surface area contributed by atoms with E-state index in [1.54, 1.807) is 0 Å². The molecule has 0 bridgehead atoms. The Morgan fingerprint density at radius 2 is 2.07 bits per heavy atom. The Kier molecular flexibility index (Phi) is 4.26. The topological polar surface area (TPSA) is 29.3 Å². The number of hydrogen-bond donors (Lipinski definition) is 1. The molecule has 1 fully saturated rings. The molecule has 0 spiro atoms. The molecule has 1 unspecified atom stereocenters. The molecule has 0 aliphatic carbocycles. The summed E-state index contributed by atoms with van der Waals surface area (Å²) in [7, 11) is 0. The second-order valence-corrected chi connectivity index (χ2v) is 4.23. The van der Waals surface area contributed by atoms with Gasteiger partial charge in [0.1, 0.15) is 0 Å². The van der Waals surface area contributed by atoms with Crippen LogP contribution in [0.2, 0.25) is 0 Å². The minimum Gasteiger partial charge on any atom is -0.325 e. The van der Waals surface area contributed by atoms with E-state index in [0.717, 1.165) is 32.2 Å². The van der Waals surface area contributed by atoms with Gasteiger partial charge in [-0.05, 0) is 26.3 Å². The largest absolute Gasteiger partial charge is 0.325 e. The Morgan fingerprint density at radius 1 is 1.36 bits per heavy atom. The van der Waals surface area contributed by atoms with Gasteiger partial charge < -0.3 is 5.73 Å². The summed E-state index contributed by atoms with van der Waals surface area (Å²) in [5, 5.41) is 0. The standard InChI is InChI=1S/C10H20F2N2/c1-9-5-3-2-4-6-14(9)8-10(11,12)7-13/h9H,2-8,13H2,1H3. The first-order valence-electron chi connectivity index (χ1n) is 5.37. The number of rotatable bonds is 3. The van der Waals surface area contributed by atoms with Crippen molar-refractivity contribution in [2.45, 2.75) is 44.6 Å². The van der Waals surface area contributed by atoms with Gasteiger partial charge in [0, 0.05) is 6.04 Å². The van der Waals surface area contributed by atoms with Gasteiger partial charge in [-0.2, -0.15) is 0 Å². The van der Waals surface area contributed by atoms with Gasteiger partial charge in [0.05, 0.1) is 13.1 Å². The third-order valence-corrected chi connectivity index (χ3v) is 2.92. The molecule has 0 aromatic rings. The number of halogens is 2. The van der Waals surface area contributed by atoms with E-state index >= 15 is 0 Å². The first kappa shape index (κ1) is 11.9. The van der Waals surface area contributed by atoms with Gasteiger partial charge in [-0.1, -0.05) is 12.8 Å². The highest BCUT2D eigenvalue weighted by molar-refractivity contribution is 4.78. The van der Waals surface area contributed by atoms with Crippen molar-refractivity contribution in [3.63, 3.8) is 0 Å². The zero-order chi connectivity index (χ0) is 10.6. The van der Waals surface area contributed by atoms with Gasteiger partial charge in [0.2, 0.25) is 0 Å². The van der Waals surface area contributed by atoms with Crippen LogP contribution < -0.4 is 5.73 Å². The van der Waals surface area contributed by atoms with Crippen LogP contribution in [0.1, 0.15) is 32.6 Å². The third kappa shape index (κ3) is 3.50. The minimum absolute atomic E-state index is 0.176.